The lowest BCUT2D eigenvalue weighted by Crippen LogP contribution is -2.36. The van der Waals surface area contributed by atoms with E-state index in [-0.39, 0.29) is 6.04 Å². The third-order valence-electron chi connectivity index (χ3n) is 1.54. The van der Waals surface area contributed by atoms with Crippen molar-refractivity contribution in [3.63, 3.8) is 0 Å². The molecule has 5 heteroatoms. The predicted molar refractivity (Wildman–Crippen MR) is 46.9 cm³/mol. The van der Waals surface area contributed by atoms with E-state index in [9.17, 15) is 4.79 Å². The third-order valence-corrected chi connectivity index (χ3v) is 1.54. The predicted octanol–water partition coefficient (Wildman–Crippen LogP) is -0.290. The lowest BCUT2D eigenvalue weighted by atomic mass is 10.1. The van der Waals surface area contributed by atoms with Crippen LogP contribution in [-0.4, -0.2) is 30.3 Å². The van der Waals surface area contributed by atoms with E-state index in [1.807, 2.05) is 0 Å². The van der Waals surface area contributed by atoms with Crippen molar-refractivity contribution >= 4 is 6.09 Å². The maximum atomic E-state index is 10.0. The molecule has 0 aliphatic carbocycles. The van der Waals surface area contributed by atoms with Crippen molar-refractivity contribution < 1.29 is 9.90 Å². The largest absolute Gasteiger partial charge is 0.465 e. The molecule has 0 bridgehead atoms. The molecule has 0 radical (unpaired) electrons. The normalized spacial score (nSPS) is 12.5. The van der Waals surface area contributed by atoms with Crippen LogP contribution in [-0.2, 0) is 0 Å². The van der Waals surface area contributed by atoms with Gasteiger partial charge in [-0.15, -0.1) is 0 Å². The van der Waals surface area contributed by atoms with Gasteiger partial charge in [-0.1, -0.05) is 6.42 Å². The zero-order valence-corrected chi connectivity index (χ0v) is 7.12. The first-order valence-electron chi connectivity index (χ1n) is 4.09. The summed E-state index contributed by atoms with van der Waals surface area (Å²) in [6.45, 7) is 0.985. The van der Waals surface area contributed by atoms with Crippen LogP contribution < -0.4 is 16.8 Å². The molecule has 0 spiro atoms. The third kappa shape index (κ3) is 7.30. The molecule has 0 aromatic carbocycles. The molecular formula is C7H17N3O2. The highest BCUT2D eigenvalue weighted by molar-refractivity contribution is 5.64. The van der Waals surface area contributed by atoms with Crippen LogP contribution in [0.4, 0.5) is 4.79 Å². The first kappa shape index (κ1) is 11.2. The van der Waals surface area contributed by atoms with Gasteiger partial charge < -0.3 is 21.9 Å². The second-order valence-electron chi connectivity index (χ2n) is 2.73. The summed E-state index contributed by atoms with van der Waals surface area (Å²) in [6, 6.07) is -0.0901. The van der Waals surface area contributed by atoms with Crippen LogP contribution in [0.15, 0.2) is 0 Å². The fraction of sp³-hybridized carbons (Fsp3) is 0.857. The van der Waals surface area contributed by atoms with Crippen molar-refractivity contribution in [2.75, 3.05) is 13.1 Å². The van der Waals surface area contributed by atoms with Crippen LogP contribution in [0.1, 0.15) is 19.3 Å². The summed E-state index contributed by atoms with van der Waals surface area (Å²) in [6.07, 6.45) is 1.70. The van der Waals surface area contributed by atoms with Gasteiger partial charge in [-0.25, -0.2) is 4.79 Å². The van der Waals surface area contributed by atoms with Crippen molar-refractivity contribution in [1.29, 1.82) is 0 Å². The Labute approximate surface area is 72.1 Å². The number of carbonyl (C=O) groups is 1. The number of unbranched alkanes of at least 4 members (excludes halogenated alkanes) is 1. The van der Waals surface area contributed by atoms with Gasteiger partial charge in [0.1, 0.15) is 0 Å². The smallest absolute Gasteiger partial charge is 0.404 e. The van der Waals surface area contributed by atoms with E-state index in [1.54, 1.807) is 0 Å². The highest BCUT2D eigenvalue weighted by atomic mass is 16.4. The maximum absolute atomic E-state index is 10.0. The van der Waals surface area contributed by atoms with Gasteiger partial charge in [0.15, 0.2) is 0 Å². The van der Waals surface area contributed by atoms with Gasteiger partial charge in [-0.05, 0) is 19.4 Å². The molecule has 0 aromatic heterocycles. The maximum Gasteiger partial charge on any atom is 0.404 e. The SMILES string of the molecule is NCCCCC(N)CNC(=O)O. The van der Waals surface area contributed by atoms with E-state index in [0.29, 0.717) is 13.1 Å². The standard InChI is InChI=1S/C7H17N3O2/c8-4-2-1-3-6(9)5-10-7(11)12/h6,10H,1-5,8-9H2,(H,11,12). The van der Waals surface area contributed by atoms with Crippen molar-refractivity contribution in [1.82, 2.24) is 5.32 Å². The molecule has 0 heterocycles. The Morgan fingerprint density at radius 1 is 1.50 bits per heavy atom. The van der Waals surface area contributed by atoms with E-state index in [2.05, 4.69) is 5.32 Å². The van der Waals surface area contributed by atoms with Gasteiger partial charge in [-0.2, -0.15) is 0 Å². The Morgan fingerprint density at radius 2 is 2.17 bits per heavy atom. The minimum absolute atomic E-state index is 0.0901. The Bertz CT molecular complexity index is 130. The molecule has 0 saturated carbocycles. The van der Waals surface area contributed by atoms with Crippen LogP contribution in [0.5, 0.6) is 0 Å². The molecular weight excluding hydrogens is 158 g/mol. The van der Waals surface area contributed by atoms with Crippen molar-refractivity contribution in [2.45, 2.75) is 25.3 Å². The average Bonchev–Trinajstić information content (AvgIpc) is 2.01. The first-order valence-corrected chi connectivity index (χ1v) is 4.09. The number of amides is 1. The van der Waals surface area contributed by atoms with Gasteiger partial charge in [-0.3, -0.25) is 0 Å². The Hall–Kier alpha value is -0.810. The minimum atomic E-state index is -1.02. The highest BCUT2D eigenvalue weighted by Crippen LogP contribution is 1.96. The molecule has 0 aliphatic heterocycles. The van der Waals surface area contributed by atoms with Crippen molar-refractivity contribution in [3.8, 4) is 0 Å². The van der Waals surface area contributed by atoms with Crippen LogP contribution in [0, 0.1) is 0 Å². The Morgan fingerprint density at radius 3 is 2.67 bits per heavy atom. The topological polar surface area (TPSA) is 101 Å². The number of hydrogen-bond acceptors (Lipinski definition) is 3. The molecule has 6 N–H and O–H groups in total. The molecule has 12 heavy (non-hydrogen) atoms. The van der Waals surface area contributed by atoms with E-state index < -0.39 is 6.09 Å². The monoisotopic (exact) mass is 175 g/mol. The minimum Gasteiger partial charge on any atom is -0.465 e. The van der Waals surface area contributed by atoms with Crippen LogP contribution >= 0.6 is 0 Å². The summed E-state index contributed by atoms with van der Waals surface area (Å²) in [7, 11) is 0. The van der Waals surface area contributed by atoms with E-state index in [4.69, 9.17) is 16.6 Å². The van der Waals surface area contributed by atoms with Gasteiger partial charge >= 0.3 is 6.09 Å². The van der Waals surface area contributed by atoms with E-state index in [0.717, 1.165) is 19.3 Å². The van der Waals surface area contributed by atoms with Gasteiger partial charge in [0.25, 0.3) is 0 Å². The second kappa shape index (κ2) is 6.87. The summed E-state index contributed by atoms with van der Waals surface area (Å²) in [5, 5.41) is 10.5. The molecule has 72 valence electrons. The van der Waals surface area contributed by atoms with Gasteiger partial charge in [0.2, 0.25) is 0 Å². The Balaban J connectivity index is 3.21. The van der Waals surface area contributed by atoms with Crippen LogP contribution in [0.25, 0.3) is 0 Å². The highest BCUT2D eigenvalue weighted by Gasteiger charge is 2.02. The number of rotatable bonds is 6. The summed E-state index contributed by atoms with van der Waals surface area (Å²) < 4.78 is 0. The lowest BCUT2D eigenvalue weighted by molar-refractivity contribution is 0.193. The van der Waals surface area contributed by atoms with Crippen LogP contribution in [0.2, 0.25) is 0 Å². The molecule has 0 fully saturated rings. The van der Waals surface area contributed by atoms with E-state index >= 15 is 0 Å². The molecule has 1 atom stereocenters. The van der Waals surface area contributed by atoms with E-state index in [1.165, 1.54) is 0 Å². The van der Waals surface area contributed by atoms with Gasteiger partial charge in [0, 0.05) is 12.6 Å². The molecule has 5 nitrogen and oxygen atoms in total. The van der Waals surface area contributed by atoms with Crippen molar-refractivity contribution in [2.24, 2.45) is 11.5 Å². The average molecular weight is 175 g/mol. The number of nitrogens with two attached hydrogens (primary N) is 2. The molecule has 1 unspecified atom stereocenters. The molecule has 0 saturated heterocycles. The summed E-state index contributed by atoms with van der Waals surface area (Å²) in [5.74, 6) is 0. The fourth-order valence-electron chi connectivity index (χ4n) is 0.871. The van der Waals surface area contributed by atoms with Crippen molar-refractivity contribution in [3.05, 3.63) is 0 Å². The summed E-state index contributed by atoms with van der Waals surface area (Å²) in [4.78, 5) is 10.0. The quantitative estimate of drug-likeness (QED) is 0.417. The number of carboxylic acid groups (broad SMARTS) is 1. The Kier molecular flexibility index (Phi) is 6.41. The molecule has 0 rings (SSSR count). The lowest BCUT2D eigenvalue weighted by Gasteiger charge is -2.09. The second-order valence-corrected chi connectivity index (χ2v) is 2.73. The number of hydrogen-bond donors (Lipinski definition) is 4. The molecule has 0 aromatic rings. The summed E-state index contributed by atoms with van der Waals surface area (Å²) in [5.41, 5.74) is 10.9. The zero-order chi connectivity index (χ0) is 9.40. The fourth-order valence-corrected chi connectivity index (χ4v) is 0.871. The van der Waals surface area contributed by atoms with Gasteiger partial charge in [0.05, 0.1) is 0 Å². The summed E-state index contributed by atoms with van der Waals surface area (Å²) >= 11 is 0. The van der Waals surface area contributed by atoms with Crippen LogP contribution in [0.3, 0.4) is 0 Å². The first-order chi connectivity index (χ1) is 5.66. The zero-order valence-electron chi connectivity index (χ0n) is 7.12. The molecule has 0 aliphatic rings. The molecule has 1 amide bonds. The number of nitrogens with one attached hydrogen (secondary N) is 1.